The quantitative estimate of drug-likeness (QED) is 0.445. The lowest BCUT2D eigenvalue weighted by atomic mass is 10.3. The number of aliphatic hydroxyl groups is 2. The number of aliphatic hydroxyl groups excluding tert-OH is 2. The highest BCUT2D eigenvalue weighted by Crippen LogP contribution is 2.00. The number of nitrogens with zero attached hydrogens (tertiary/aromatic N) is 1. The molecule has 12 heavy (non-hydrogen) atoms. The van der Waals surface area contributed by atoms with E-state index in [1.54, 1.807) is 0 Å². The summed E-state index contributed by atoms with van der Waals surface area (Å²) < 4.78 is 0.707. The molecule has 1 unspecified atom stereocenters. The third-order valence-corrected chi connectivity index (χ3v) is 1.88. The van der Waals surface area contributed by atoms with E-state index < -0.39 is 6.10 Å². The highest BCUT2D eigenvalue weighted by atomic mass is 16.3. The van der Waals surface area contributed by atoms with E-state index in [9.17, 15) is 5.11 Å². The second-order valence-corrected chi connectivity index (χ2v) is 3.82. The Morgan fingerprint density at radius 1 is 1.42 bits per heavy atom. The molecule has 0 amide bonds. The molecule has 0 spiro atoms. The number of likely N-dealkylation sites (N-methyl/N-ethyl adjacent to an activating group) is 1. The molecule has 0 aromatic heterocycles. The van der Waals surface area contributed by atoms with Gasteiger partial charge in [0.1, 0.15) is 12.6 Å². The fourth-order valence-electron chi connectivity index (χ4n) is 1.24. The number of nitrogens with two attached hydrogens (primary N) is 1. The van der Waals surface area contributed by atoms with Gasteiger partial charge >= 0.3 is 0 Å². The third kappa shape index (κ3) is 5.49. The molecule has 4 N–H and O–H groups in total. The summed E-state index contributed by atoms with van der Waals surface area (Å²) >= 11 is 0. The van der Waals surface area contributed by atoms with Crippen LogP contribution >= 0.6 is 0 Å². The van der Waals surface area contributed by atoms with Crippen LogP contribution in [0.25, 0.3) is 0 Å². The molecule has 4 heteroatoms. The standard InChI is InChI=1S/C8H21N2O2/c1-10(2,5-3-4-9)6-8(12)7-11/h8,11-12H,3-7,9H2,1-2H3/q+1. The fraction of sp³-hybridized carbons (Fsp3) is 1.00. The average molecular weight is 177 g/mol. The van der Waals surface area contributed by atoms with Crippen molar-refractivity contribution in [1.29, 1.82) is 0 Å². The zero-order chi connectivity index (χ0) is 9.61. The lowest BCUT2D eigenvalue weighted by Crippen LogP contribution is -2.47. The molecule has 0 aliphatic carbocycles. The molecule has 0 aromatic carbocycles. The monoisotopic (exact) mass is 177 g/mol. The minimum Gasteiger partial charge on any atom is -0.393 e. The third-order valence-electron chi connectivity index (χ3n) is 1.88. The highest BCUT2D eigenvalue weighted by molar-refractivity contribution is 4.50. The van der Waals surface area contributed by atoms with E-state index in [2.05, 4.69) is 0 Å². The largest absolute Gasteiger partial charge is 0.393 e. The summed E-state index contributed by atoms with van der Waals surface area (Å²) in [5.74, 6) is 0. The van der Waals surface area contributed by atoms with Crippen molar-refractivity contribution in [2.75, 3.05) is 40.3 Å². The minimum absolute atomic E-state index is 0.162. The van der Waals surface area contributed by atoms with Crippen LogP contribution < -0.4 is 5.73 Å². The van der Waals surface area contributed by atoms with Crippen molar-refractivity contribution in [1.82, 2.24) is 0 Å². The van der Waals surface area contributed by atoms with Crippen LogP contribution in [0.15, 0.2) is 0 Å². The Hall–Kier alpha value is -0.160. The van der Waals surface area contributed by atoms with E-state index in [4.69, 9.17) is 10.8 Å². The maximum Gasteiger partial charge on any atom is 0.126 e. The zero-order valence-electron chi connectivity index (χ0n) is 8.03. The molecule has 0 aliphatic rings. The Morgan fingerprint density at radius 2 is 2.00 bits per heavy atom. The first kappa shape index (κ1) is 11.8. The summed E-state index contributed by atoms with van der Waals surface area (Å²) in [6, 6.07) is 0. The lowest BCUT2D eigenvalue weighted by molar-refractivity contribution is -0.893. The summed E-state index contributed by atoms with van der Waals surface area (Å²) in [6.07, 6.45) is 0.336. The Morgan fingerprint density at radius 3 is 2.42 bits per heavy atom. The topological polar surface area (TPSA) is 66.5 Å². The Kier molecular flexibility index (Phi) is 5.41. The van der Waals surface area contributed by atoms with Crippen LogP contribution in [0.5, 0.6) is 0 Å². The van der Waals surface area contributed by atoms with Gasteiger partial charge in [-0.15, -0.1) is 0 Å². The van der Waals surface area contributed by atoms with Crippen LogP contribution in [0.1, 0.15) is 6.42 Å². The van der Waals surface area contributed by atoms with Crippen molar-refractivity contribution >= 4 is 0 Å². The number of hydrogen-bond donors (Lipinski definition) is 3. The summed E-state index contributed by atoms with van der Waals surface area (Å²) in [6.45, 7) is 2.03. The zero-order valence-corrected chi connectivity index (χ0v) is 8.03. The molecule has 0 heterocycles. The molecular formula is C8H21N2O2+. The molecule has 1 atom stereocenters. The summed E-state index contributed by atoms with van der Waals surface area (Å²) in [5.41, 5.74) is 5.38. The molecule has 0 aliphatic heterocycles. The molecular weight excluding hydrogens is 156 g/mol. The van der Waals surface area contributed by atoms with Crippen LogP contribution in [-0.4, -0.2) is 61.1 Å². The molecule has 0 saturated carbocycles. The number of quaternary nitrogens is 1. The van der Waals surface area contributed by atoms with E-state index in [0.717, 1.165) is 13.0 Å². The van der Waals surface area contributed by atoms with E-state index in [-0.39, 0.29) is 6.61 Å². The van der Waals surface area contributed by atoms with E-state index in [0.29, 0.717) is 17.6 Å². The van der Waals surface area contributed by atoms with Gasteiger partial charge in [-0.2, -0.15) is 0 Å². The first-order valence-corrected chi connectivity index (χ1v) is 4.33. The Labute approximate surface area is 74.2 Å². The predicted molar refractivity (Wildman–Crippen MR) is 48.6 cm³/mol. The number of rotatable bonds is 6. The summed E-state index contributed by atoms with van der Waals surface area (Å²) in [5, 5.41) is 17.8. The maximum absolute atomic E-state index is 9.20. The number of hydrogen-bond acceptors (Lipinski definition) is 3. The van der Waals surface area contributed by atoms with E-state index in [1.807, 2.05) is 14.1 Å². The summed E-state index contributed by atoms with van der Waals surface area (Å²) in [7, 11) is 4.04. The van der Waals surface area contributed by atoms with Gasteiger partial charge in [0.05, 0.1) is 27.2 Å². The molecule has 0 rings (SSSR count). The van der Waals surface area contributed by atoms with Gasteiger partial charge in [0.25, 0.3) is 0 Å². The van der Waals surface area contributed by atoms with Crippen molar-refractivity contribution in [3.05, 3.63) is 0 Å². The van der Waals surface area contributed by atoms with Gasteiger partial charge in [0.15, 0.2) is 0 Å². The molecule has 0 bridgehead atoms. The molecule has 4 nitrogen and oxygen atoms in total. The predicted octanol–water partition coefficient (Wildman–Crippen LogP) is -1.24. The van der Waals surface area contributed by atoms with Gasteiger partial charge in [-0.05, 0) is 6.54 Å². The smallest absolute Gasteiger partial charge is 0.126 e. The minimum atomic E-state index is -0.613. The van der Waals surface area contributed by atoms with Gasteiger partial charge in [-0.1, -0.05) is 0 Å². The van der Waals surface area contributed by atoms with Gasteiger partial charge in [0.2, 0.25) is 0 Å². The Bertz CT molecular complexity index is 118. The summed E-state index contributed by atoms with van der Waals surface area (Å²) in [4.78, 5) is 0. The normalized spacial score (nSPS) is 14.8. The van der Waals surface area contributed by atoms with Gasteiger partial charge in [-0.25, -0.2) is 0 Å². The molecule has 0 aromatic rings. The van der Waals surface area contributed by atoms with Crippen LogP contribution in [0.2, 0.25) is 0 Å². The fourth-order valence-corrected chi connectivity index (χ4v) is 1.24. The van der Waals surface area contributed by atoms with E-state index >= 15 is 0 Å². The second kappa shape index (κ2) is 5.48. The molecule has 0 saturated heterocycles. The van der Waals surface area contributed by atoms with Crippen LogP contribution in [0.3, 0.4) is 0 Å². The van der Waals surface area contributed by atoms with Crippen LogP contribution in [0.4, 0.5) is 0 Å². The van der Waals surface area contributed by atoms with Crippen molar-refractivity contribution < 1.29 is 14.7 Å². The molecule has 0 radical (unpaired) electrons. The van der Waals surface area contributed by atoms with Crippen molar-refractivity contribution in [2.24, 2.45) is 5.73 Å². The Balaban J connectivity index is 3.69. The average Bonchev–Trinajstić information content (AvgIpc) is 2.00. The van der Waals surface area contributed by atoms with Crippen molar-refractivity contribution in [3.8, 4) is 0 Å². The SMILES string of the molecule is C[N+](C)(CCCN)CC(O)CO. The first-order valence-electron chi connectivity index (χ1n) is 4.33. The lowest BCUT2D eigenvalue weighted by Gasteiger charge is -2.31. The second-order valence-electron chi connectivity index (χ2n) is 3.82. The van der Waals surface area contributed by atoms with Gasteiger partial charge in [0, 0.05) is 6.42 Å². The van der Waals surface area contributed by atoms with Crippen molar-refractivity contribution in [2.45, 2.75) is 12.5 Å². The highest BCUT2D eigenvalue weighted by Gasteiger charge is 2.18. The van der Waals surface area contributed by atoms with E-state index in [1.165, 1.54) is 0 Å². The van der Waals surface area contributed by atoms with Gasteiger partial charge in [-0.3, -0.25) is 0 Å². The van der Waals surface area contributed by atoms with Crippen LogP contribution in [0, 0.1) is 0 Å². The van der Waals surface area contributed by atoms with Crippen LogP contribution in [-0.2, 0) is 0 Å². The van der Waals surface area contributed by atoms with Gasteiger partial charge < -0.3 is 20.4 Å². The first-order chi connectivity index (χ1) is 5.52. The molecule has 74 valence electrons. The maximum atomic E-state index is 9.20. The molecule has 0 fully saturated rings. The van der Waals surface area contributed by atoms with Crippen molar-refractivity contribution in [3.63, 3.8) is 0 Å².